The molecule has 0 saturated carbocycles. The van der Waals surface area contributed by atoms with Crippen molar-refractivity contribution in [1.82, 2.24) is 4.90 Å². The Bertz CT molecular complexity index is 671. The van der Waals surface area contributed by atoms with Crippen molar-refractivity contribution in [1.29, 1.82) is 0 Å². The molecule has 2 aromatic rings. The predicted octanol–water partition coefficient (Wildman–Crippen LogP) is 4.32. The Kier molecular flexibility index (Phi) is 6.84. The molecule has 0 amide bonds. The minimum atomic E-state index is -0.0490. The maximum atomic E-state index is 12.0. The van der Waals surface area contributed by atoms with Gasteiger partial charge in [0, 0.05) is 19.5 Å². The van der Waals surface area contributed by atoms with Gasteiger partial charge in [0.25, 0.3) is 0 Å². The molecular weight excluding hydrogens is 322 g/mol. The van der Waals surface area contributed by atoms with Crippen LogP contribution >= 0.6 is 0 Å². The van der Waals surface area contributed by atoms with E-state index >= 15 is 0 Å². The van der Waals surface area contributed by atoms with Crippen molar-refractivity contribution in [2.24, 2.45) is 11.8 Å². The first-order valence-electron chi connectivity index (χ1n) is 9.70. The summed E-state index contributed by atoms with van der Waals surface area (Å²) in [6.45, 7) is 5.41. The number of benzene rings is 2. The molecule has 3 heteroatoms. The third-order valence-electron chi connectivity index (χ3n) is 5.30. The summed E-state index contributed by atoms with van der Waals surface area (Å²) in [4.78, 5) is 14.6. The third-order valence-corrected chi connectivity index (χ3v) is 5.30. The van der Waals surface area contributed by atoms with E-state index in [4.69, 9.17) is 4.74 Å². The number of piperidine rings is 1. The highest BCUT2D eigenvalue weighted by atomic mass is 16.5. The van der Waals surface area contributed by atoms with E-state index in [0.29, 0.717) is 24.9 Å². The molecule has 1 aliphatic rings. The lowest BCUT2D eigenvalue weighted by Gasteiger charge is -2.38. The summed E-state index contributed by atoms with van der Waals surface area (Å²) in [6.07, 6.45) is 2.63. The van der Waals surface area contributed by atoms with Crippen molar-refractivity contribution in [2.45, 2.75) is 32.7 Å². The molecule has 1 saturated heterocycles. The number of carbonyl (C=O) groups excluding carboxylic acids is 1. The molecule has 1 aliphatic heterocycles. The fourth-order valence-corrected chi connectivity index (χ4v) is 3.99. The van der Waals surface area contributed by atoms with E-state index in [1.807, 2.05) is 6.92 Å². The Morgan fingerprint density at radius 2 is 1.65 bits per heavy atom. The first-order valence-corrected chi connectivity index (χ1v) is 9.70. The number of hydrogen-bond donors (Lipinski definition) is 0. The number of ether oxygens (including phenoxy) is 1. The molecule has 2 unspecified atom stereocenters. The van der Waals surface area contributed by atoms with Crippen molar-refractivity contribution in [3.63, 3.8) is 0 Å². The Labute approximate surface area is 157 Å². The summed E-state index contributed by atoms with van der Waals surface area (Å²) in [6, 6.07) is 21.3. The van der Waals surface area contributed by atoms with Gasteiger partial charge in [-0.25, -0.2) is 0 Å². The smallest absolute Gasteiger partial charge is 0.306 e. The molecule has 1 heterocycles. The van der Waals surface area contributed by atoms with Crippen molar-refractivity contribution in [2.75, 3.05) is 19.7 Å². The van der Waals surface area contributed by atoms with E-state index in [1.165, 1.54) is 11.1 Å². The normalized spacial score (nSPS) is 20.7. The summed E-state index contributed by atoms with van der Waals surface area (Å²) < 4.78 is 5.21. The van der Waals surface area contributed by atoms with Crippen LogP contribution in [0.4, 0.5) is 0 Å². The minimum absolute atomic E-state index is 0.0490. The maximum absolute atomic E-state index is 12.0. The van der Waals surface area contributed by atoms with Crippen LogP contribution in [0.3, 0.4) is 0 Å². The summed E-state index contributed by atoms with van der Waals surface area (Å²) in [5.41, 5.74) is 2.71. The lowest BCUT2D eigenvalue weighted by molar-refractivity contribution is -0.145. The Hall–Kier alpha value is -2.13. The predicted molar refractivity (Wildman–Crippen MR) is 105 cm³/mol. The van der Waals surface area contributed by atoms with Crippen LogP contribution in [0.1, 0.15) is 30.9 Å². The number of likely N-dealkylation sites (tertiary alicyclic amines) is 1. The van der Waals surface area contributed by atoms with Gasteiger partial charge in [-0.15, -0.1) is 0 Å². The van der Waals surface area contributed by atoms with E-state index in [0.717, 1.165) is 32.5 Å². The van der Waals surface area contributed by atoms with Crippen LogP contribution in [0.2, 0.25) is 0 Å². The molecule has 0 aromatic heterocycles. The molecule has 0 spiro atoms. The molecule has 26 heavy (non-hydrogen) atoms. The number of nitrogens with zero attached hydrogens (tertiary/aromatic N) is 1. The quantitative estimate of drug-likeness (QED) is 0.696. The molecule has 1 fully saturated rings. The molecule has 0 aliphatic carbocycles. The van der Waals surface area contributed by atoms with E-state index in [-0.39, 0.29) is 5.97 Å². The van der Waals surface area contributed by atoms with Gasteiger partial charge in [-0.2, -0.15) is 0 Å². The molecule has 3 nitrogen and oxygen atoms in total. The van der Waals surface area contributed by atoms with E-state index in [1.54, 1.807) is 0 Å². The molecule has 0 N–H and O–H groups in total. The zero-order valence-electron chi connectivity index (χ0n) is 15.6. The van der Waals surface area contributed by atoms with Crippen LogP contribution in [-0.2, 0) is 22.5 Å². The lowest BCUT2D eigenvalue weighted by atomic mass is 9.79. The summed E-state index contributed by atoms with van der Waals surface area (Å²) >= 11 is 0. The average Bonchev–Trinajstić information content (AvgIpc) is 2.66. The third kappa shape index (κ3) is 5.43. The van der Waals surface area contributed by atoms with Crippen LogP contribution in [0, 0.1) is 11.8 Å². The van der Waals surface area contributed by atoms with E-state index in [2.05, 4.69) is 65.6 Å². The van der Waals surface area contributed by atoms with Gasteiger partial charge in [-0.3, -0.25) is 9.69 Å². The van der Waals surface area contributed by atoms with Crippen LogP contribution in [0.15, 0.2) is 60.7 Å². The van der Waals surface area contributed by atoms with Gasteiger partial charge >= 0.3 is 5.97 Å². The highest BCUT2D eigenvalue weighted by molar-refractivity contribution is 5.69. The van der Waals surface area contributed by atoms with Crippen molar-refractivity contribution in [3.05, 3.63) is 71.8 Å². The molecule has 2 atom stereocenters. The van der Waals surface area contributed by atoms with Crippen molar-refractivity contribution in [3.8, 4) is 0 Å². The topological polar surface area (TPSA) is 29.5 Å². The van der Waals surface area contributed by atoms with Gasteiger partial charge in [0.05, 0.1) is 6.61 Å². The Morgan fingerprint density at radius 3 is 2.31 bits per heavy atom. The fraction of sp³-hybridized carbons (Fsp3) is 0.435. The van der Waals surface area contributed by atoms with E-state index < -0.39 is 0 Å². The zero-order valence-corrected chi connectivity index (χ0v) is 15.6. The summed E-state index contributed by atoms with van der Waals surface area (Å²) in [7, 11) is 0. The van der Waals surface area contributed by atoms with Gasteiger partial charge in [0.2, 0.25) is 0 Å². The van der Waals surface area contributed by atoms with Gasteiger partial charge in [-0.05, 0) is 49.3 Å². The highest BCUT2D eigenvalue weighted by Gasteiger charge is 2.31. The monoisotopic (exact) mass is 351 g/mol. The summed E-state index contributed by atoms with van der Waals surface area (Å²) in [5.74, 6) is 0.840. The Balaban J connectivity index is 1.67. The number of esters is 1. The number of carbonyl (C=O) groups is 1. The molecule has 0 radical (unpaired) electrons. The molecule has 2 aromatic carbocycles. The second-order valence-corrected chi connectivity index (χ2v) is 7.23. The number of rotatable bonds is 7. The second kappa shape index (κ2) is 9.54. The largest absolute Gasteiger partial charge is 0.466 e. The molecular formula is C23H29NO2. The molecule has 3 rings (SSSR count). The standard InChI is InChI=1S/C23H29NO2/c1-2-26-23(25)16-21-13-14-24(17-20-11-7-4-8-12-20)18-22(21)15-19-9-5-3-6-10-19/h3-12,21-22H,2,13-18H2,1H3. The maximum Gasteiger partial charge on any atom is 0.306 e. The Morgan fingerprint density at radius 1 is 1.00 bits per heavy atom. The second-order valence-electron chi connectivity index (χ2n) is 7.23. The van der Waals surface area contributed by atoms with Gasteiger partial charge in [0.1, 0.15) is 0 Å². The van der Waals surface area contributed by atoms with Crippen LogP contribution < -0.4 is 0 Å². The molecule has 138 valence electrons. The van der Waals surface area contributed by atoms with Crippen molar-refractivity contribution < 1.29 is 9.53 Å². The van der Waals surface area contributed by atoms with Gasteiger partial charge in [-0.1, -0.05) is 60.7 Å². The fourth-order valence-electron chi connectivity index (χ4n) is 3.99. The molecule has 0 bridgehead atoms. The highest BCUT2D eigenvalue weighted by Crippen LogP contribution is 2.30. The summed E-state index contributed by atoms with van der Waals surface area (Å²) in [5, 5.41) is 0. The lowest BCUT2D eigenvalue weighted by Crippen LogP contribution is -2.41. The van der Waals surface area contributed by atoms with Crippen molar-refractivity contribution >= 4 is 5.97 Å². The zero-order chi connectivity index (χ0) is 18.2. The van der Waals surface area contributed by atoms with E-state index in [9.17, 15) is 4.79 Å². The van der Waals surface area contributed by atoms with Crippen LogP contribution in [0.25, 0.3) is 0 Å². The van der Waals surface area contributed by atoms with Crippen LogP contribution in [-0.4, -0.2) is 30.6 Å². The first-order chi connectivity index (χ1) is 12.7. The average molecular weight is 351 g/mol. The van der Waals surface area contributed by atoms with Gasteiger partial charge < -0.3 is 4.74 Å². The van der Waals surface area contributed by atoms with Crippen LogP contribution in [0.5, 0.6) is 0 Å². The van der Waals surface area contributed by atoms with Gasteiger partial charge in [0.15, 0.2) is 0 Å². The first kappa shape index (κ1) is 18.7. The number of hydrogen-bond acceptors (Lipinski definition) is 3. The SMILES string of the molecule is CCOC(=O)CC1CCN(Cc2ccccc2)CC1Cc1ccccc1. The minimum Gasteiger partial charge on any atom is -0.466 e.